The third kappa shape index (κ3) is 3.35. The Morgan fingerprint density at radius 3 is 2.74 bits per heavy atom. The monoisotopic (exact) mass is 260 g/mol. The van der Waals surface area contributed by atoms with Crippen LogP contribution < -0.4 is 10.6 Å². The van der Waals surface area contributed by atoms with Crippen LogP contribution in [0.3, 0.4) is 0 Å². The summed E-state index contributed by atoms with van der Waals surface area (Å²) >= 11 is 0. The van der Waals surface area contributed by atoms with Crippen molar-refractivity contribution < 1.29 is 4.79 Å². The molecule has 1 heterocycles. The Bertz CT molecular complexity index is 462. The molecule has 0 radical (unpaired) electrons. The van der Waals surface area contributed by atoms with Gasteiger partial charge in [0, 0.05) is 6.54 Å². The van der Waals surface area contributed by atoms with Crippen LogP contribution >= 0.6 is 0 Å². The van der Waals surface area contributed by atoms with Crippen molar-refractivity contribution in [1.82, 2.24) is 10.6 Å². The van der Waals surface area contributed by atoms with Gasteiger partial charge in [-0.3, -0.25) is 4.79 Å². The molecule has 3 heteroatoms. The minimum Gasteiger partial charge on any atom is -0.351 e. The number of hydrogen-bond acceptors (Lipinski definition) is 2. The maximum absolute atomic E-state index is 12.1. The van der Waals surface area contributed by atoms with Gasteiger partial charge in [-0.1, -0.05) is 18.6 Å². The van der Waals surface area contributed by atoms with Crippen LogP contribution in [0.1, 0.15) is 41.5 Å². The first-order valence-electron chi connectivity index (χ1n) is 7.16. The third-order valence-corrected chi connectivity index (χ3v) is 4.25. The fraction of sp³-hybridized carbons (Fsp3) is 0.562. The second kappa shape index (κ2) is 6.20. The molecule has 1 atom stereocenters. The standard InChI is InChI=1S/C16H24N2O/c1-11-7-8-14(13(3)12(11)2)10-18-16(19)15-6-4-5-9-17-15/h7-8,15,17H,4-6,9-10H2,1-3H3,(H,18,19). The molecule has 3 nitrogen and oxygen atoms in total. The lowest BCUT2D eigenvalue weighted by molar-refractivity contribution is -0.123. The van der Waals surface area contributed by atoms with Crippen molar-refractivity contribution in [2.24, 2.45) is 0 Å². The van der Waals surface area contributed by atoms with Crippen molar-refractivity contribution in [3.63, 3.8) is 0 Å². The number of carbonyl (C=O) groups is 1. The van der Waals surface area contributed by atoms with E-state index in [2.05, 4.69) is 43.5 Å². The summed E-state index contributed by atoms with van der Waals surface area (Å²) in [6.45, 7) is 7.97. The summed E-state index contributed by atoms with van der Waals surface area (Å²) in [5, 5.41) is 6.33. The highest BCUT2D eigenvalue weighted by Gasteiger charge is 2.20. The Labute approximate surface area is 115 Å². The van der Waals surface area contributed by atoms with Gasteiger partial charge in [0.05, 0.1) is 6.04 Å². The highest BCUT2D eigenvalue weighted by molar-refractivity contribution is 5.81. The van der Waals surface area contributed by atoms with Gasteiger partial charge in [0.15, 0.2) is 0 Å². The highest BCUT2D eigenvalue weighted by atomic mass is 16.2. The number of aryl methyl sites for hydroxylation is 1. The van der Waals surface area contributed by atoms with Gasteiger partial charge in [-0.25, -0.2) is 0 Å². The molecule has 1 aliphatic rings. The summed E-state index contributed by atoms with van der Waals surface area (Å²) in [7, 11) is 0. The second-order valence-electron chi connectivity index (χ2n) is 5.51. The Balaban J connectivity index is 1.95. The zero-order valence-corrected chi connectivity index (χ0v) is 12.2. The predicted octanol–water partition coefficient (Wildman–Crippen LogP) is 2.37. The van der Waals surface area contributed by atoms with E-state index < -0.39 is 0 Å². The van der Waals surface area contributed by atoms with Crippen LogP contribution in [0, 0.1) is 20.8 Å². The molecular formula is C16H24N2O. The Kier molecular flexibility index (Phi) is 4.59. The summed E-state index contributed by atoms with van der Waals surface area (Å²) < 4.78 is 0. The van der Waals surface area contributed by atoms with Crippen molar-refractivity contribution in [3.8, 4) is 0 Å². The normalized spacial score (nSPS) is 19.2. The molecule has 1 unspecified atom stereocenters. The van der Waals surface area contributed by atoms with Crippen molar-refractivity contribution in [1.29, 1.82) is 0 Å². The quantitative estimate of drug-likeness (QED) is 0.876. The average Bonchev–Trinajstić information content (AvgIpc) is 2.45. The van der Waals surface area contributed by atoms with Gasteiger partial charge < -0.3 is 10.6 Å². The topological polar surface area (TPSA) is 41.1 Å². The summed E-state index contributed by atoms with van der Waals surface area (Å²) in [6, 6.07) is 4.25. The molecule has 0 aliphatic carbocycles. The largest absolute Gasteiger partial charge is 0.351 e. The summed E-state index contributed by atoms with van der Waals surface area (Å²) in [4.78, 5) is 12.1. The molecular weight excluding hydrogens is 236 g/mol. The van der Waals surface area contributed by atoms with Crippen LogP contribution in [0.4, 0.5) is 0 Å². The predicted molar refractivity (Wildman–Crippen MR) is 78.1 cm³/mol. The molecule has 1 aliphatic heterocycles. The van der Waals surface area contributed by atoms with E-state index >= 15 is 0 Å². The second-order valence-corrected chi connectivity index (χ2v) is 5.51. The number of nitrogens with one attached hydrogen (secondary N) is 2. The summed E-state index contributed by atoms with van der Waals surface area (Å²) in [5.41, 5.74) is 5.13. The zero-order chi connectivity index (χ0) is 13.8. The molecule has 104 valence electrons. The summed E-state index contributed by atoms with van der Waals surface area (Å²) in [6.07, 6.45) is 3.28. The number of hydrogen-bond donors (Lipinski definition) is 2. The Morgan fingerprint density at radius 2 is 2.05 bits per heavy atom. The molecule has 2 N–H and O–H groups in total. The van der Waals surface area contributed by atoms with Crippen LogP contribution in [0.2, 0.25) is 0 Å². The lowest BCUT2D eigenvalue weighted by Gasteiger charge is -2.23. The number of amides is 1. The molecule has 19 heavy (non-hydrogen) atoms. The molecule has 0 saturated carbocycles. The Hall–Kier alpha value is -1.35. The van der Waals surface area contributed by atoms with Crippen molar-refractivity contribution >= 4 is 5.91 Å². The lowest BCUT2D eigenvalue weighted by atomic mass is 9.98. The third-order valence-electron chi connectivity index (χ3n) is 4.25. The molecule has 0 aromatic heterocycles. The van der Waals surface area contributed by atoms with Crippen LogP contribution in [0.15, 0.2) is 12.1 Å². The highest BCUT2D eigenvalue weighted by Crippen LogP contribution is 2.17. The van der Waals surface area contributed by atoms with Crippen LogP contribution in [0.25, 0.3) is 0 Å². The maximum Gasteiger partial charge on any atom is 0.237 e. The Morgan fingerprint density at radius 1 is 1.26 bits per heavy atom. The van der Waals surface area contributed by atoms with Crippen molar-refractivity contribution in [2.45, 2.75) is 52.6 Å². The molecule has 0 spiro atoms. The van der Waals surface area contributed by atoms with Gasteiger partial charge >= 0.3 is 0 Å². The average molecular weight is 260 g/mol. The van der Waals surface area contributed by atoms with Gasteiger partial charge in [0.1, 0.15) is 0 Å². The molecule has 1 saturated heterocycles. The fourth-order valence-electron chi connectivity index (χ4n) is 2.58. The fourth-order valence-corrected chi connectivity index (χ4v) is 2.58. The van der Waals surface area contributed by atoms with Crippen molar-refractivity contribution in [2.75, 3.05) is 6.54 Å². The smallest absolute Gasteiger partial charge is 0.237 e. The van der Waals surface area contributed by atoms with E-state index in [1.165, 1.54) is 28.7 Å². The first-order valence-corrected chi connectivity index (χ1v) is 7.16. The van der Waals surface area contributed by atoms with E-state index in [4.69, 9.17) is 0 Å². The number of benzene rings is 1. The number of rotatable bonds is 3. The first-order chi connectivity index (χ1) is 9.09. The van der Waals surface area contributed by atoms with E-state index in [1.54, 1.807) is 0 Å². The van der Waals surface area contributed by atoms with Gasteiger partial charge in [-0.15, -0.1) is 0 Å². The SMILES string of the molecule is Cc1ccc(CNC(=O)C2CCCCN2)c(C)c1C. The number of piperidine rings is 1. The lowest BCUT2D eigenvalue weighted by Crippen LogP contribution is -2.46. The van der Waals surface area contributed by atoms with Crippen LogP contribution in [-0.2, 0) is 11.3 Å². The van der Waals surface area contributed by atoms with E-state index in [1.807, 2.05) is 0 Å². The van der Waals surface area contributed by atoms with Gasteiger partial charge in [-0.05, 0) is 62.4 Å². The van der Waals surface area contributed by atoms with Crippen LogP contribution in [0.5, 0.6) is 0 Å². The van der Waals surface area contributed by atoms with E-state index in [0.29, 0.717) is 6.54 Å². The van der Waals surface area contributed by atoms with E-state index in [9.17, 15) is 4.79 Å². The van der Waals surface area contributed by atoms with Gasteiger partial charge in [0.25, 0.3) is 0 Å². The minimum atomic E-state index is 0.000557. The molecule has 0 bridgehead atoms. The molecule has 2 rings (SSSR count). The van der Waals surface area contributed by atoms with Crippen molar-refractivity contribution in [3.05, 3.63) is 34.4 Å². The first kappa shape index (κ1) is 14.1. The van der Waals surface area contributed by atoms with Crippen LogP contribution in [-0.4, -0.2) is 18.5 Å². The zero-order valence-electron chi connectivity index (χ0n) is 12.2. The minimum absolute atomic E-state index is 0.000557. The van der Waals surface area contributed by atoms with Gasteiger partial charge in [-0.2, -0.15) is 0 Å². The molecule has 1 amide bonds. The van der Waals surface area contributed by atoms with E-state index in [-0.39, 0.29) is 11.9 Å². The summed E-state index contributed by atoms with van der Waals surface area (Å²) in [5.74, 6) is 0.136. The molecule has 1 fully saturated rings. The van der Waals surface area contributed by atoms with Gasteiger partial charge in [0.2, 0.25) is 5.91 Å². The maximum atomic E-state index is 12.1. The number of carbonyl (C=O) groups excluding carboxylic acids is 1. The van der Waals surface area contributed by atoms with E-state index in [0.717, 1.165) is 19.4 Å². The molecule has 1 aromatic rings. The molecule has 1 aromatic carbocycles.